The Balaban J connectivity index is 2.22. The monoisotopic (exact) mass is 352 g/mol. The molecule has 2 aromatic carbocycles. The quantitative estimate of drug-likeness (QED) is 0.792. The Hall–Kier alpha value is -1.46. The van der Waals surface area contributed by atoms with E-state index in [-0.39, 0.29) is 4.90 Å². The molecule has 0 spiro atoms. The first kappa shape index (κ1) is 14.9. The SMILES string of the molecule is Cc1ccc(C(=O)CS(=O)(=O)c2ccc(Br)cc2)cc1. The highest BCUT2D eigenvalue weighted by molar-refractivity contribution is 9.10. The van der Waals surface area contributed by atoms with E-state index in [9.17, 15) is 13.2 Å². The lowest BCUT2D eigenvalue weighted by atomic mass is 10.1. The van der Waals surface area contributed by atoms with Gasteiger partial charge in [0, 0.05) is 10.0 Å². The second kappa shape index (κ2) is 5.89. The standard InChI is InChI=1S/C15H13BrO3S/c1-11-2-4-12(5-3-11)15(17)10-20(18,19)14-8-6-13(16)7-9-14/h2-9H,10H2,1H3. The highest BCUT2D eigenvalue weighted by Crippen LogP contribution is 2.17. The number of ketones is 1. The summed E-state index contributed by atoms with van der Waals surface area (Å²) in [6, 6.07) is 13.1. The molecule has 0 saturated carbocycles. The van der Waals surface area contributed by atoms with Crippen molar-refractivity contribution in [3.05, 3.63) is 64.1 Å². The van der Waals surface area contributed by atoms with Crippen LogP contribution in [0.2, 0.25) is 0 Å². The van der Waals surface area contributed by atoms with Crippen molar-refractivity contribution in [3.63, 3.8) is 0 Å². The Morgan fingerprint density at radius 2 is 1.55 bits per heavy atom. The van der Waals surface area contributed by atoms with E-state index in [0.717, 1.165) is 10.0 Å². The van der Waals surface area contributed by atoms with Crippen molar-refractivity contribution in [2.45, 2.75) is 11.8 Å². The summed E-state index contributed by atoms with van der Waals surface area (Å²) in [5.74, 6) is -0.912. The third kappa shape index (κ3) is 3.55. The maximum Gasteiger partial charge on any atom is 0.185 e. The molecule has 104 valence electrons. The first-order chi connectivity index (χ1) is 9.38. The van der Waals surface area contributed by atoms with Gasteiger partial charge in [-0.1, -0.05) is 45.8 Å². The van der Waals surface area contributed by atoms with Gasteiger partial charge in [-0.2, -0.15) is 0 Å². The van der Waals surface area contributed by atoms with Gasteiger partial charge in [-0.05, 0) is 31.2 Å². The smallest absolute Gasteiger partial charge is 0.185 e. The van der Waals surface area contributed by atoms with E-state index in [1.807, 2.05) is 6.92 Å². The van der Waals surface area contributed by atoms with Crippen LogP contribution in [-0.2, 0) is 9.84 Å². The number of rotatable bonds is 4. The van der Waals surface area contributed by atoms with Crippen LogP contribution in [0.15, 0.2) is 57.9 Å². The van der Waals surface area contributed by atoms with E-state index < -0.39 is 21.4 Å². The third-order valence-corrected chi connectivity index (χ3v) is 5.03. The second-order valence-corrected chi connectivity index (χ2v) is 7.41. The molecular weight excluding hydrogens is 340 g/mol. The fourth-order valence-electron chi connectivity index (χ4n) is 1.72. The zero-order valence-corrected chi connectivity index (χ0v) is 13.2. The van der Waals surface area contributed by atoms with Crippen LogP contribution in [0.5, 0.6) is 0 Å². The Bertz CT molecular complexity index is 717. The predicted molar refractivity (Wildman–Crippen MR) is 81.7 cm³/mol. The van der Waals surface area contributed by atoms with E-state index in [1.165, 1.54) is 12.1 Å². The first-order valence-electron chi connectivity index (χ1n) is 5.97. The van der Waals surface area contributed by atoms with E-state index in [0.29, 0.717) is 5.56 Å². The minimum absolute atomic E-state index is 0.154. The van der Waals surface area contributed by atoms with E-state index in [4.69, 9.17) is 0 Å². The molecule has 0 atom stereocenters. The molecule has 0 fully saturated rings. The van der Waals surface area contributed by atoms with Crippen LogP contribution < -0.4 is 0 Å². The lowest BCUT2D eigenvalue weighted by Gasteiger charge is -2.05. The summed E-state index contributed by atoms with van der Waals surface area (Å²) in [4.78, 5) is 12.2. The van der Waals surface area contributed by atoms with Gasteiger partial charge >= 0.3 is 0 Å². The number of hydrogen-bond acceptors (Lipinski definition) is 3. The first-order valence-corrected chi connectivity index (χ1v) is 8.41. The molecule has 20 heavy (non-hydrogen) atoms. The van der Waals surface area contributed by atoms with Crippen LogP contribution in [-0.4, -0.2) is 20.0 Å². The number of sulfone groups is 1. The molecule has 0 aliphatic heterocycles. The summed E-state index contributed by atoms with van der Waals surface area (Å²) in [5, 5.41) is 0. The predicted octanol–water partition coefficient (Wildman–Crippen LogP) is 3.41. The molecule has 0 heterocycles. The molecule has 0 saturated heterocycles. The summed E-state index contributed by atoms with van der Waals surface area (Å²) in [6.07, 6.45) is 0. The molecular formula is C15H13BrO3S. The van der Waals surface area contributed by atoms with Gasteiger partial charge in [0.05, 0.1) is 4.90 Å². The normalized spacial score (nSPS) is 11.3. The largest absolute Gasteiger partial charge is 0.293 e. The molecule has 5 heteroatoms. The van der Waals surface area contributed by atoms with Crippen LogP contribution in [0, 0.1) is 6.92 Å². The topological polar surface area (TPSA) is 51.2 Å². The van der Waals surface area contributed by atoms with Gasteiger partial charge in [0.1, 0.15) is 5.75 Å². The number of benzene rings is 2. The number of aryl methyl sites for hydroxylation is 1. The van der Waals surface area contributed by atoms with Crippen molar-refractivity contribution in [1.82, 2.24) is 0 Å². The Labute approximate surface area is 126 Å². The number of carbonyl (C=O) groups is 1. The average molecular weight is 353 g/mol. The zero-order valence-electron chi connectivity index (χ0n) is 10.8. The lowest BCUT2D eigenvalue weighted by Crippen LogP contribution is -2.16. The fraction of sp³-hybridized carbons (Fsp3) is 0.133. The molecule has 0 aliphatic carbocycles. The fourth-order valence-corrected chi connectivity index (χ4v) is 3.21. The molecule has 0 N–H and O–H groups in total. The van der Waals surface area contributed by atoms with Crippen LogP contribution in [0.25, 0.3) is 0 Å². The van der Waals surface area contributed by atoms with Gasteiger partial charge in [-0.15, -0.1) is 0 Å². The average Bonchev–Trinajstić information content (AvgIpc) is 2.39. The number of hydrogen-bond donors (Lipinski definition) is 0. The minimum Gasteiger partial charge on any atom is -0.293 e. The lowest BCUT2D eigenvalue weighted by molar-refractivity contribution is 0.102. The van der Waals surface area contributed by atoms with Crippen molar-refractivity contribution in [2.75, 3.05) is 5.75 Å². The van der Waals surface area contributed by atoms with Crippen molar-refractivity contribution < 1.29 is 13.2 Å². The molecule has 0 unspecified atom stereocenters. The molecule has 0 bridgehead atoms. The number of Topliss-reactive ketones (excluding diaryl/α,β-unsaturated/α-hetero) is 1. The summed E-state index contributed by atoms with van der Waals surface area (Å²) >= 11 is 3.24. The van der Waals surface area contributed by atoms with Crippen molar-refractivity contribution >= 4 is 31.6 Å². The van der Waals surface area contributed by atoms with Crippen LogP contribution >= 0.6 is 15.9 Å². The molecule has 3 nitrogen and oxygen atoms in total. The van der Waals surface area contributed by atoms with Crippen molar-refractivity contribution in [3.8, 4) is 0 Å². The van der Waals surface area contributed by atoms with Gasteiger partial charge in [0.25, 0.3) is 0 Å². The van der Waals surface area contributed by atoms with Crippen LogP contribution in [0.3, 0.4) is 0 Å². The molecule has 0 aliphatic rings. The third-order valence-electron chi connectivity index (χ3n) is 2.87. The molecule has 0 radical (unpaired) electrons. The minimum atomic E-state index is -3.60. The molecule has 2 aromatic rings. The molecule has 0 amide bonds. The summed E-state index contributed by atoms with van der Waals surface area (Å²) in [7, 11) is -3.60. The Kier molecular flexibility index (Phi) is 4.40. The summed E-state index contributed by atoms with van der Waals surface area (Å²) in [5.41, 5.74) is 1.44. The maximum absolute atomic E-state index is 12.2. The maximum atomic E-state index is 12.2. The van der Waals surface area contributed by atoms with Gasteiger partial charge in [-0.25, -0.2) is 8.42 Å². The summed E-state index contributed by atoms with van der Waals surface area (Å²) < 4.78 is 25.1. The van der Waals surface area contributed by atoms with Gasteiger partial charge < -0.3 is 0 Å². The summed E-state index contributed by atoms with van der Waals surface area (Å²) in [6.45, 7) is 1.91. The van der Waals surface area contributed by atoms with Gasteiger partial charge in [0.2, 0.25) is 0 Å². The Morgan fingerprint density at radius 3 is 2.10 bits per heavy atom. The number of carbonyl (C=O) groups excluding carboxylic acids is 1. The highest BCUT2D eigenvalue weighted by atomic mass is 79.9. The van der Waals surface area contributed by atoms with Crippen LogP contribution in [0.1, 0.15) is 15.9 Å². The molecule has 0 aromatic heterocycles. The highest BCUT2D eigenvalue weighted by Gasteiger charge is 2.20. The molecule has 2 rings (SSSR count). The van der Waals surface area contributed by atoms with Gasteiger partial charge in [0.15, 0.2) is 15.6 Å². The second-order valence-electron chi connectivity index (χ2n) is 4.50. The number of halogens is 1. The van der Waals surface area contributed by atoms with Crippen molar-refractivity contribution in [1.29, 1.82) is 0 Å². The van der Waals surface area contributed by atoms with E-state index in [2.05, 4.69) is 15.9 Å². The van der Waals surface area contributed by atoms with Gasteiger partial charge in [-0.3, -0.25) is 4.79 Å². The van der Waals surface area contributed by atoms with Crippen LogP contribution in [0.4, 0.5) is 0 Å². The van der Waals surface area contributed by atoms with E-state index in [1.54, 1.807) is 36.4 Å². The Morgan fingerprint density at radius 1 is 1.00 bits per heavy atom. The zero-order chi connectivity index (χ0) is 14.8. The van der Waals surface area contributed by atoms with Crippen molar-refractivity contribution in [2.24, 2.45) is 0 Å². The van der Waals surface area contributed by atoms with E-state index >= 15 is 0 Å².